The largest absolute Gasteiger partial charge is 0.496 e. The van der Waals surface area contributed by atoms with E-state index in [1.807, 2.05) is 18.2 Å². The highest BCUT2D eigenvalue weighted by atomic mass is 16.5. The molecule has 1 rings (SSSR count). The van der Waals surface area contributed by atoms with Crippen molar-refractivity contribution in [3.05, 3.63) is 48.6 Å². The zero-order valence-electron chi connectivity index (χ0n) is 36.7. The number of ether oxygens (including phenoxy) is 3. The molecule has 0 fully saturated rings. The minimum atomic E-state index is -0.967. The molecular weight excluding hydrogens is 753 g/mol. The maximum absolute atomic E-state index is 10.6. The molecular formula is C48H80O11. The Morgan fingerprint density at radius 3 is 1.46 bits per heavy atom. The Morgan fingerprint density at radius 2 is 1.07 bits per heavy atom. The van der Waals surface area contributed by atoms with Crippen LogP contribution < -0.4 is 4.74 Å². The van der Waals surface area contributed by atoms with Gasteiger partial charge in [-0.3, -0.25) is 9.59 Å². The summed E-state index contributed by atoms with van der Waals surface area (Å²) in [5, 5.41) is 47.2. The van der Waals surface area contributed by atoms with Crippen molar-refractivity contribution in [2.24, 2.45) is 0 Å². The number of carbonyl (C=O) groups excluding carboxylic acids is 2. The van der Waals surface area contributed by atoms with Gasteiger partial charge in [0.1, 0.15) is 19.0 Å². The summed E-state index contributed by atoms with van der Waals surface area (Å²) in [4.78, 5) is 31.5. The lowest BCUT2D eigenvalue weighted by molar-refractivity contribution is -0.145. The van der Waals surface area contributed by atoms with Crippen LogP contribution in [0.5, 0.6) is 5.75 Å². The molecule has 0 bridgehead atoms. The SMILES string of the molecule is C#CCCCCCCCCCCCC(O)CC(O)COC(C)=O.C=CCCCCCCCCCCCC(O)CC(O)COC(C)=O.COc1ccccc1C=CC(=O)O. The molecule has 11 nitrogen and oxygen atoms in total. The van der Waals surface area contributed by atoms with Crippen LogP contribution in [0.4, 0.5) is 0 Å². The second-order valence-corrected chi connectivity index (χ2v) is 15.1. The van der Waals surface area contributed by atoms with E-state index in [2.05, 4.69) is 12.5 Å². The summed E-state index contributed by atoms with van der Waals surface area (Å²) in [7, 11) is 1.55. The molecule has 1 aromatic rings. The standard InChI is InChI=1S/C19H36O4.C19H34O4.C10H10O3/c2*1-3-4-5-6-7-8-9-10-11-12-13-14-18(21)15-19(22)16-23-17(2)20;1-13-9-5-3-2-4-8(9)6-7-10(11)12/h3,18-19,21-22H,1,4-16H2,2H3;1,18-19,21-22H,4-16H2,2H3;2-7H,1H3,(H,11,12). The zero-order valence-corrected chi connectivity index (χ0v) is 36.7. The van der Waals surface area contributed by atoms with Crippen LogP contribution in [-0.4, -0.2) is 88.2 Å². The topological polar surface area (TPSA) is 180 Å². The van der Waals surface area contributed by atoms with Crippen LogP contribution in [0.15, 0.2) is 43.0 Å². The van der Waals surface area contributed by atoms with E-state index < -0.39 is 42.3 Å². The highest BCUT2D eigenvalue weighted by molar-refractivity contribution is 5.85. The summed E-state index contributed by atoms with van der Waals surface area (Å²) in [5.74, 6) is 1.56. The van der Waals surface area contributed by atoms with Crippen molar-refractivity contribution in [1.29, 1.82) is 0 Å². The van der Waals surface area contributed by atoms with Crippen molar-refractivity contribution in [2.45, 2.75) is 192 Å². The van der Waals surface area contributed by atoms with Gasteiger partial charge in [0.2, 0.25) is 0 Å². The van der Waals surface area contributed by atoms with Crippen molar-refractivity contribution in [1.82, 2.24) is 0 Å². The molecule has 338 valence electrons. The normalized spacial score (nSPS) is 12.7. The third-order valence-corrected chi connectivity index (χ3v) is 9.39. The van der Waals surface area contributed by atoms with Crippen LogP contribution in [0.2, 0.25) is 0 Å². The number of esters is 2. The van der Waals surface area contributed by atoms with Gasteiger partial charge in [-0.25, -0.2) is 4.79 Å². The molecule has 0 radical (unpaired) electrons. The highest BCUT2D eigenvalue weighted by Crippen LogP contribution is 2.19. The Hall–Kier alpha value is -3.69. The van der Waals surface area contributed by atoms with E-state index in [1.165, 1.54) is 103 Å². The molecule has 11 heteroatoms. The van der Waals surface area contributed by atoms with Crippen LogP contribution >= 0.6 is 0 Å². The molecule has 0 amide bonds. The summed E-state index contributed by atoms with van der Waals surface area (Å²) in [6.07, 6.45) is 33.1. The monoisotopic (exact) mass is 833 g/mol. The van der Waals surface area contributed by atoms with E-state index >= 15 is 0 Å². The van der Waals surface area contributed by atoms with Gasteiger partial charge >= 0.3 is 17.9 Å². The Morgan fingerprint density at radius 1 is 0.661 bits per heavy atom. The molecule has 59 heavy (non-hydrogen) atoms. The second kappa shape index (κ2) is 42.4. The fourth-order valence-corrected chi connectivity index (χ4v) is 6.14. The first-order valence-corrected chi connectivity index (χ1v) is 21.9. The molecule has 4 atom stereocenters. The zero-order chi connectivity index (χ0) is 44.4. The van der Waals surface area contributed by atoms with Gasteiger partial charge in [0.25, 0.3) is 0 Å². The van der Waals surface area contributed by atoms with Gasteiger partial charge in [-0.1, -0.05) is 127 Å². The first-order chi connectivity index (χ1) is 28.4. The maximum Gasteiger partial charge on any atom is 0.328 e. The van der Waals surface area contributed by atoms with E-state index in [0.717, 1.165) is 56.6 Å². The number of carboxylic acids is 1. The van der Waals surface area contributed by atoms with E-state index in [4.69, 9.17) is 25.7 Å². The van der Waals surface area contributed by atoms with Crippen molar-refractivity contribution >= 4 is 24.0 Å². The number of aliphatic hydroxyl groups excluding tert-OH is 4. The average molecular weight is 833 g/mol. The number of rotatable bonds is 34. The van der Waals surface area contributed by atoms with Gasteiger partial charge in [0.15, 0.2) is 0 Å². The summed E-state index contributed by atoms with van der Waals surface area (Å²) in [5.41, 5.74) is 0.757. The Kier molecular flexibility index (Phi) is 41.3. The number of allylic oxidation sites excluding steroid dienone is 1. The van der Waals surface area contributed by atoms with Gasteiger partial charge < -0.3 is 39.7 Å². The van der Waals surface area contributed by atoms with Gasteiger partial charge in [-0.05, 0) is 44.2 Å². The molecule has 0 saturated carbocycles. The molecule has 5 N–H and O–H groups in total. The third kappa shape index (κ3) is 43.7. The lowest BCUT2D eigenvalue weighted by atomic mass is 10.0. The molecule has 0 aromatic heterocycles. The lowest BCUT2D eigenvalue weighted by Crippen LogP contribution is -2.23. The molecule has 4 unspecified atom stereocenters. The quantitative estimate of drug-likeness (QED) is 0.0147. The van der Waals surface area contributed by atoms with Crippen LogP contribution in [0.25, 0.3) is 6.08 Å². The Balaban J connectivity index is 0. The van der Waals surface area contributed by atoms with Gasteiger partial charge in [-0.15, -0.1) is 18.9 Å². The van der Waals surface area contributed by atoms with Crippen LogP contribution in [0.3, 0.4) is 0 Å². The predicted octanol–water partition coefficient (Wildman–Crippen LogP) is 9.52. The van der Waals surface area contributed by atoms with Crippen molar-refractivity contribution in [2.75, 3.05) is 20.3 Å². The second-order valence-electron chi connectivity index (χ2n) is 15.1. The number of carboxylic acid groups (broad SMARTS) is 1. The van der Waals surface area contributed by atoms with E-state index in [-0.39, 0.29) is 26.1 Å². The van der Waals surface area contributed by atoms with Crippen molar-refractivity contribution in [3.8, 4) is 18.1 Å². The third-order valence-electron chi connectivity index (χ3n) is 9.39. The first kappa shape index (κ1) is 57.4. The number of unbranched alkanes of at least 4 members (excludes halogenated alkanes) is 18. The molecule has 0 heterocycles. The van der Waals surface area contributed by atoms with Gasteiger partial charge in [0.05, 0.1) is 31.5 Å². The smallest absolute Gasteiger partial charge is 0.328 e. The molecule has 0 aliphatic rings. The van der Waals surface area contributed by atoms with E-state index in [0.29, 0.717) is 18.6 Å². The van der Waals surface area contributed by atoms with Crippen LogP contribution in [0, 0.1) is 12.3 Å². The van der Waals surface area contributed by atoms with Crippen molar-refractivity contribution in [3.63, 3.8) is 0 Å². The number of para-hydroxylation sites is 1. The predicted molar refractivity (Wildman–Crippen MR) is 237 cm³/mol. The Bertz CT molecular complexity index is 1240. The summed E-state index contributed by atoms with van der Waals surface area (Å²) < 4.78 is 14.5. The fraction of sp³-hybridized carbons (Fsp3) is 0.688. The first-order valence-electron chi connectivity index (χ1n) is 21.9. The minimum absolute atomic E-state index is 0.0286. The van der Waals surface area contributed by atoms with Gasteiger partial charge in [0, 0.05) is 44.7 Å². The van der Waals surface area contributed by atoms with Crippen LogP contribution in [0.1, 0.15) is 174 Å². The number of aliphatic carboxylic acids is 1. The minimum Gasteiger partial charge on any atom is -0.496 e. The van der Waals surface area contributed by atoms with E-state index in [9.17, 15) is 34.8 Å². The molecule has 0 aliphatic heterocycles. The van der Waals surface area contributed by atoms with E-state index in [1.54, 1.807) is 19.2 Å². The van der Waals surface area contributed by atoms with Gasteiger partial charge in [-0.2, -0.15) is 0 Å². The van der Waals surface area contributed by atoms with Crippen molar-refractivity contribution < 1.29 is 54.1 Å². The fourth-order valence-electron chi connectivity index (χ4n) is 6.14. The molecule has 0 spiro atoms. The average Bonchev–Trinajstić information content (AvgIpc) is 3.20. The number of carbonyl (C=O) groups is 3. The number of methoxy groups -OCH3 is 1. The number of terminal acetylenes is 1. The number of benzene rings is 1. The Labute approximate surface area is 356 Å². The summed E-state index contributed by atoms with van der Waals surface area (Å²) >= 11 is 0. The number of hydrogen-bond acceptors (Lipinski definition) is 10. The molecule has 0 saturated heterocycles. The lowest BCUT2D eigenvalue weighted by Gasteiger charge is -2.15. The summed E-state index contributed by atoms with van der Waals surface area (Å²) in [6.45, 7) is 6.28. The molecule has 1 aromatic carbocycles. The number of aliphatic hydroxyl groups is 4. The highest BCUT2D eigenvalue weighted by Gasteiger charge is 2.14. The number of hydrogen-bond donors (Lipinski definition) is 5. The maximum atomic E-state index is 10.6. The molecule has 0 aliphatic carbocycles. The van der Waals surface area contributed by atoms with Crippen LogP contribution in [-0.2, 0) is 23.9 Å². The summed E-state index contributed by atoms with van der Waals surface area (Å²) in [6, 6.07) is 7.22.